The average Bonchev–Trinajstić information content (AvgIpc) is 2.39. The number of carboxylic acid groups (broad SMARTS) is 1. The summed E-state index contributed by atoms with van der Waals surface area (Å²) in [6, 6.07) is 0.931. The van der Waals surface area contributed by atoms with Crippen LogP contribution >= 0.6 is 0 Å². The van der Waals surface area contributed by atoms with Crippen LogP contribution in [0, 0.1) is 10.1 Å². The number of ether oxygens (including phenoxy) is 1. The van der Waals surface area contributed by atoms with E-state index in [-0.39, 0.29) is 17.4 Å². The first kappa shape index (κ1) is 13.3. The number of carboxylic acids is 1. The van der Waals surface area contributed by atoms with Gasteiger partial charge >= 0.3 is 11.8 Å². The predicted molar refractivity (Wildman–Crippen MR) is 65.4 cm³/mol. The standard InChI is InChI=1S/C12H14N2O5/c15-12(16)9-6-11(14(17)18)13-7-10(9)19-8-4-2-1-3-5-8/h6-8H,1-5H2,(H,15,16). The van der Waals surface area contributed by atoms with Crippen LogP contribution in [0.5, 0.6) is 5.75 Å². The molecule has 1 aliphatic carbocycles. The van der Waals surface area contributed by atoms with E-state index in [1.807, 2.05) is 0 Å². The van der Waals surface area contributed by atoms with Gasteiger partial charge < -0.3 is 20.0 Å². The van der Waals surface area contributed by atoms with Crippen LogP contribution < -0.4 is 4.74 Å². The van der Waals surface area contributed by atoms with Gasteiger partial charge in [0.2, 0.25) is 0 Å². The molecule has 0 aromatic carbocycles. The first-order chi connectivity index (χ1) is 9.08. The predicted octanol–water partition coefficient (Wildman–Crippen LogP) is 2.40. The lowest BCUT2D eigenvalue weighted by molar-refractivity contribution is -0.389. The lowest BCUT2D eigenvalue weighted by Gasteiger charge is -2.22. The van der Waals surface area contributed by atoms with Gasteiger partial charge in [0.1, 0.15) is 5.56 Å². The molecule has 1 saturated carbocycles. The fourth-order valence-corrected chi connectivity index (χ4v) is 2.16. The van der Waals surface area contributed by atoms with Crippen molar-refractivity contribution in [2.75, 3.05) is 0 Å². The summed E-state index contributed by atoms with van der Waals surface area (Å²) in [4.78, 5) is 24.6. The molecule has 7 heteroatoms. The normalized spacial score (nSPS) is 16.0. The summed E-state index contributed by atoms with van der Waals surface area (Å²) >= 11 is 0. The van der Waals surface area contributed by atoms with Gasteiger partial charge in [-0.2, -0.15) is 0 Å². The first-order valence-corrected chi connectivity index (χ1v) is 6.12. The van der Waals surface area contributed by atoms with Crippen LogP contribution in [0.3, 0.4) is 0 Å². The molecule has 2 rings (SSSR count). The van der Waals surface area contributed by atoms with E-state index in [0.29, 0.717) is 0 Å². The summed E-state index contributed by atoms with van der Waals surface area (Å²) in [5, 5.41) is 19.7. The van der Waals surface area contributed by atoms with Gasteiger partial charge in [-0.05, 0) is 35.6 Å². The highest BCUT2D eigenvalue weighted by Crippen LogP contribution is 2.27. The van der Waals surface area contributed by atoms with Crippen LogP contribution in [-0.4, -0.2) is 27.1 Å². The second kappa shape index (κ2) is 5.64. The monoisotopic (exact) mass is 266 g/mol. The average molecular weight is 266 g/mol. The van der Waals surface area contributed by atoms with Gasteiger partial charge in [0.25, 0.3) is 0 Å². The number of nitro groups is 1. The van der Waals surface area contributed by atoms with Crippen molar-refractivity contribution in [3.63, 3.8) is 0 Å². The molecule has 1 fully saturated rings. The maximum Gasteiger partial charge on any atom is 0.364 e. The number of rotatable bonds is 4. The minimum atomic E-state index is -1.25. The van der Waals surface area contributed by atoms with E-state index in [1.165, 1.54) is 0 Å². The fourth-order valence-electron chi connectivity index (χ4n) is 2.16. The minimum absolute atomic E-state index is 0.0323. The first-order valence-electron chi connectivity index (χ1n) is 6.12. The second-order valence-corrected chi connectivity index (χ2v) is 4.48. The van der Waals surface area contributed by atoms with Crippen LogP contribution in [0.25, 0.3) is 0 Å². The molecule has 0 saturated heterocycles. The molecule has 1 N–H and O–H groups in total. The van der Waals surface area contributed by atoms with Gasteiger partial charge in [-0.3, -0.25) is 0 Å². The number of aromatic carboxylic acids is 1. The highest BCUT2D eigenvalue weighted by molar-refractivity contribution is 5.91. The Hall–Kier alpha value is -2.18. The molecule has 0 aliphatic heterocycles. The van der Waals surface area contributed by atoms with Crippen molar-refractivity contribution < 1.29 is 19.6 Å². The third-order valence-corrected chi connectivity index (χ3v) is 3.12. The molecule has 1 aromatic heterocycles. The number of carbonyl (C=O) groups is 1. The highest BCUT2D eigenvalue weighted by Gasteiger charge is 2.23. The van der Waals surface area contributed by atoms with Crippen molar-refractivity contribution in [2.45, 2.75) is 38.2 Å². The highest BCUT2D eigenvalue weighted by atomic mass is 16.6. The second-order valence-electron chi connectivity index (χ2n) is 4.48. The fraction of sp³-hybridized carbons (Fsp3) is 0.500. The molecule has 0 radical (unpaired) electrons. The molecule has 0 atom stereocenters. The molecule has 0 unspecified atom stereocenters. The number of hydrogen-bond donors (Lipinski definition) is 1. The Morgan fingerprint density at radius 2 is 2.11 bits per heavy atom. The van der Waals surface area contributed by atoms with E-state index in [2.05, 4.69) is 4.98 Å². The summed E-state index contributed by atoms with van der Waals surface area (Å²) in [6.07, 6.45) is 6.09. The maximum absolute atomic E-state index is 11.1. The van der Waals surface area contributed by atoms with E-state index >= 15 is 0 Å². The Balaban J connectivity index is 2.23. The number of pyridine rings is 1. The summed E-state index contributed by atoms with van der Waals surface area (Å²) in [5.74, 6) is -1.64. The van der Waals surface area contributed by atoms with Gasteiger partial charge in [-0.15, -0.1) is 0 Å². The van der Waals surface area contributed by atoms with Crippen LogP contribution in [0.1, 0.15) is 42.5 Å². The van der Waals surface area contributed by atoms with Crippen molar-refractivity contribution in [3.8, 4) is 5.75 Å². The molecular weight excluding hydrogens is 252 g/mol. The molecule has 102 valence electrons. The maximum atomic E-state index is 11.1. The lowest BCUT2D eigenvalue weighted by atomic mass is 9.98. The van der Waals surface area contributed by atoms with Crippen molar-refractivity contribution in [3.05, 3.63) is 27.9 Å². The van der Waals surface area contributed by atoms with Crippen LogP contribution in [0.15, 0.2) is 12.3 Å². The molecule has 0 amide bonds. The van der Waals surface area contributed by atoms with Crippen LogP contribution in [-0.2, 0) is 0 Å². The number of hydrogen-bond acceptors (Lipinski definition) is 5. The summed E-state index contributed by atoms with van der Waals surface area (Å²) in [6.45, 7) is 0. The van der Waals surface area contributed by atoms with E-state index < -0.39 is 16.7 Å². The third kappa shape index (κ3) is 3.18. The zero-order valence-corrected chi connectivity index (χ0v) is 10.2. The number of aromatic nitrogens is 1. The Kier molecular flexibility index (Phi) is 3.94. The Morgan fingerprint density at radius 1 is 1.42 bits per heavy atom. The molecule has 1 heterocycles. The Morgan fingerprint density at radius 3 is 2.68 bits per heavy atom. The van der Waals surface area contributed by atoms with Crippen molar-refractivity contribution in [1.82, 2.24) is 4.98 Å². The molecule has 1 aliphatic rings. The van der Waals surface area contributed by atoms with Crippen molar-refractivity contribution >= 4 is 11.8 Å². The molecule has 7 nitrogen and oxygen atoms in total. The SMILES string of the molecule is O=C(O)c1cc([N+](=O)[O-])ncc1OC1CCCCC1. The van der Waals surface area contributed by atoms with Gasteiger partial charge in [-0.1, -0.05) is 6.42 Å². The third-order valence-electron chi connectivity index (χ3n) is 3.12. The molecule has 1 aromatic rings. The largest absolute Gasteiger partial charge is 0.486 e. The smallest absolute Gasteiger partial charge is 0.364 e. The van der Waals surface area contributed by atoms with E-state index in [0.717, 1.165) is 44.4 Å². The van der Waals surface area contributed by atoms with Crippen molar-refractivity contribution in [1.29, 1.82) is 0 Å². The Bertz CT molecular complexity index is 497. The van der Waals surface area contributed by atoms with Gasteiger partial charge in [0.05, 0.1) is 12.2 Å². The van der Waals surface area contributed by atoms with E-state index in [9.17, 15) is 14.9 Å². The van der Waals surface area contributed by atoms with Crippen LogP contribution in [0.4, 0.5) is 5.82 Å². The zero-order valence-electron chi connectivity index (χ0n) is 10.2. The molecule has 19 heavy (non-hydrogen) atoms. The lowest BCUT2D eigenvalue weighted by Crippen LogP contribution is -2.21. The van der Waals surface area contributed by atoms with Crippen molar-refractivity contribution in [2.24, 2.45) is 0 Å². The number of nitrogens with zero attached hydrogens (tertiary/aromatic N) is 2. The van der Waals surface area contributed by atoms with E-state index in [4.69, 9.17) is 9.84 Å². The van der Waals surface area contributed by atoms with Gasteiger partial charge in [-0.25, -0.2) is 4.79 Å². The summed E-state index contributed by atoms with van der Waals surface area (Å²) in [7, 11) is 0. The summed E-state index contributed by atoms with van der Waals surface area (Å²) in [5.41, 5.74) is -0.215. The topological polar surface area (TPSA) is 103 Å². The summed E-state index contributed by atoms with van der Waals surface area (Å²) < 4.78 is 5.62. The van der Waals surface area contributed by atoms with Crippen LogP contribution in [0.2, 0.25) is 0 Å². The molecule has 0 bridgehead atoms. The van der Waals surface area contributed by atoms with E-state index in [1.54, 1.807) is 0 Å². The van der Waals surface area contributed by atoms with Gasteiger partial charge in [0.15, 0.2) is 11.9 Å². The minimum Gasteiger partial charge on any atom is -0.486 e. The molecular formula is C12H14N2O5. The quantitative estimate of drug-likeness (QED) is 0.663. The zero-order chi connectivity index (χ0) is 13.8. The van der Waals surface area contributed by atoms with Gasteiger partial charge in [0, 0.05) is 0 Å². The Labute approximate surface area is 109 Å². The molecule has 0 spiro atoms.